The third-order valence-electron chi connectivity index (χ3n) is 4.60. The fourth-order valence-electron chi connectivity index (χ4n) is 2.84. The second-order valence-corrected chi connectivity index (χ2v) is 7.92. The van der Waals surface area contributed by atoms with Crippen LogP contribution in [0.25, 0.3) is 0 Å². The summed E-state index contributed by atoms with van der Waals surface area (Å²) in [5.41, 5.74) is 3.15. The van der Waals surface area contributed by atoms with Gasteiger partial charge in [0.05, 0.1) is 0 Å². The molecule has 0 aliphatic heterocycles. The lowest BCUT2D eigenvalue weighted by Gasteiger charge is -2.21. The predicted molar refractivity (Wildman–Crippen MR) is 125 cm³/mol. The minimum atomic E-state index is -0.551. The fourth-order valence-corrected chi connectivity index (χ4v) is 3.30. The molecule has 30 heavy (non-hydrogen) atoms. The first kappa shape index (κ1) is 21.7. The fraction of sp³-hybridized carbons (Fsp3) is 0.182. The maximum absolute atomic E-state index is 12.8. The molecule has 2 aromatic rings. The number of Topliss-reactive ketones (excluding diaryl/α,β-unsaturated/α-hetero) is 2. The van der Waals surface area contributed by atoms with Gasteiger partial charge in [-0.05, 0) is 48.5 Å². The van der Waals surface area contributed by atoms with Crippen LogP contribution >= 0.6 is 23.2 Å². The summed E-state index contributed by atoms with van der Waals surface area (Å²) in [5, 5.41) is 5.41. The number of benzene rings is 2. The van der Waals surface area contributed by atoms with Crippen molar-refractivity contribution in [2.24, 2.45) is 0 Å². The zero-order valence-electron chi connectivity index (χ0n) is 17.1. The SMILES string of the molecule is CN(C)c1ccc(NC2=C(Cl)C(=O)C(Nc3ccc(N(C)C)cc3)=C(Cl)C2=O)cc1. The highest BCUT2D eigenvalue weighted by Gasteiger charge is 2.33. The largest absolute Gasteiger partial charge is 0.378 e. The molecule has 2 aromatic carbocycles. The van der Waals surface area contributed by atoms with Gasteiger partial charge in [-0.3, -0.25) is 9.59 Å². The first-order valence-electron chi connectivity index (χ1n) is 9.17. The van der Waals surface area contributed by atoms with Gasteiger partial charge >= 0.3 is 0 Å². The molecule has 156 valence electrons. The van der Waals surface area contributed by atoms with Gasteiger partial charge < -0.3 is 20.4 Å². The Morgan fingerprint density at radius 3 is 1.17 bits per heavy atom. The Bertz CT molecular complexity index is 954. The first-order valence-corrected chi connectivity index (χ1v) is 9.92. The van der Waals surface area contributed by atoms with E-state index >= 15 is 0 Å². The number of allylic oxidation sites excluding steroid dienone is 2. The van der Waals surface area contributed by atoms with Gasteiger partial charge in [0, 0.05) is 50.9 Å². The topological polar surface area (TPSA) is 64.7 Å². The molecule has 0 spiro atoms. The molecule has 0 atom stereocenters. The summed E-state index contributed by atoms with van der Waals surface area (Å²) in [4.78, 5) is 29.5. The third kappa shape index (κ3) is 4.45. The second-order valence-electron chi connectivity index (χ2n) is 7.17. The van der Waals surface area contributed by atoms with Crippen molar-refractivity contribution in [1.29, 1.82) is 0 Å². The molecule has 2 N–H and O–H groups in total. The van der Waals surface area contributed by atoms with E-state index in [2.05, 4.69) is 10.6 Å². The average Bonchev–Trinajstić information content (AvgIpc) is 2.73. The van der Waals surface area contributed by atoms with Gasteiger partial charge in [0.15, 0.2) is 0 Å². The maximum Gasteiger partial charge on any atom is 0.224 e. The number of carbonyl (C=O) groups excluding carboxylic acids is 2. The van der Waals surface area contributed by atoms with E-state index in [1.807, 2.05) is 62.3 Å². The van der Waals surface area contributed by atoms with E-state index in [0.29, 0.717) is 11.4 Å². The molecule has 1 aliphatic rings. The van der Waals surface area contributed by atoms with Crippen LogP contribution in [0.4, 0.5) is 22.7 Å². The Labute approximate surface area is 185 Å². The Balaban J connectivity index is 1.82. The van der Waals surface area contributed by atoms with Crippen molar-refractivity contribution in [1.82, 2.24) is 0 Å². The summed E-state index contributed by atoms with van der Waals surface area (Å²) in [6, 6.07) is 14.7. The molecule has 0 heterocycles. The summed E-state index contributed by atoms with van der Waals surface area (Å²) in [5.74, 6) is -1.10. The molecule has 0 fully saturated rings. The van der Waals surface area contributed by atoms with Crippen LogP contribution in [0.3, 0.4) is 0 Å². The standard InChI is InChI=1S/C22H22Cl2N4O2/c1-27(2)15-9-5-13(6-10-15)25-19-17(23)22(30)20(18(24)21(19)29)26-14-7-11-16(12-8-14)28(3)4/h5-12,25-26H,1-4H3. The molecule has 1 aliphatic carbocycles. The van der Waals surface area contributed by atoms with Gasteiger partial charge in [-0.25, -0.2) is 0 Å². The van der Waals surface area contributed by atoms with Crippen LogP contribution < -0.4 is 20.4 Å². The molecule has 0 unspecified atom stereocenters. The lowest BCUT2D eigenvalue weighted by Crippen LogP contribution is -2.27. The quantitative estimate of drug-likeness (QED) is 0.643. The second kappa shape index (κ2) is 8.81. The normalized spacial score (nSPS) is 14.2. The number of halogens is 2. The summed E-state index contributed by atoms with van der Waals surface area (Å²) < 4.78 is 0. The first-order chi connectivity index (χ1) is 14.2. The van der Waals surface area contributed by atoms with Crippen LogP contribution in [0.1, 0.15) is 0 Å². The van der Waals surface area contributed by atoms with Gasteiger partial charge in [0.25, 0.3) is 0 Å². The van der Waals surface area contributed by atoms with Crippen LogP contribution in [0.15, 0.2) is 70.0 Å². The molecule has 0 aromatic heterocycles. The highest BCUT2D eigenvalue weighted by atomic mass is 35.5. The van der Waals surface area contributed by atoms with E-state index < -0.39 is 11.6 Å². The zero-order valence-corrected chi connectivity index (χ0v) is 18.6. The summed E-state index contributed by atoms with van der Waals surface area (Å²) in [7, 11) is 7.72. The van der Waals surface area contributed by atoms with Crippen LogP contribution in [-0.2, 0) is 9.59 Å². The molecular weight excluding hydrogens is 423 g/mol. The Hall–Kier alpha value is -2.96. The number of nitrogens with zero attached hydrogens (tertiary/aromatic N) is 2. The minimum absolute atomic E-state index is 0.0437. The van der Waals surface area contributed by atoms with Gasteiger partial charge in [-0.15, -0.1) is 0 Å². The number of rotatable bonds is 6. The molecule has 0 radical (unpaired) electrons. The van der Waals surface area contributed by atoms with Gasteiger partial charge in [0.2, 0.25) is 11.6 Å². The summed E-state index contributed by atoms with van der Waals surface area (Å²) in [6.07, 6.45) is 0. The van der Waals surface area contributed by atoms with E-state index in [0.717, 1.165) is 11.4 Å². The molecule has 0 saturated carbocycles. The number of hydrogen-bond acceptors (Lipinski definition) is 6. The Kier molecular flexibility index (Phi) is 6.39. The van der Waals surface area contributed by atoms with Crippen LogP contribution in [0, 0.1) is 0 Å². The highest BCUT2D eigenvalue weighted by Crippen LogP contribution is 2.31. The van der Waals surface area contributed by atoms with Crippen molar-refractivity contribution in [3.8, 4) is 0 Å². The maximum atomic E-state index is 12.8. The van der Waals surface area contributed by atoms with Crippen molar-refractivity contribution in [3.63, 3.8) is 0 Å². The number of carbonyl (C=O) groups is 2. The van der Waals surface area contributed by atoms with Crippen molar-refractivity contribution >= 4 is 57.5 Å². The number of ketones is 2. The van der Waals surface area contributed by atoms with Crippen molar-refractivity contribution in [2.45, 2.75) is 0 Å². The number of anilines is 4. The van der Waals surface area contributed by atoms with Gasteiger partial charge in [-0.1, -0.05) is 23.2 Å². The lowest BCUT2D eigenvalue weighted by atomic mass is 10.0. The van der Waals surface area contributed by atoms with Crippen LogP contribution in [-0.4, -0.2) is 39.8 Å². The molecular formula is C22H22Cl2N4O2. The molecule has 8 heteroatoms. The van der Waals surface area contributed by atoms with Crippen LogP contribution in [0.2, 0.25) is 0 Å². The lowest BCUT2D eigenvalue weighted by molar-refractivity contribution is -0.115. The van der Waals surface area contributed by atoms with E-state index in [4.69, 9.17) is 23.2 Å². The van der Waals surface area contributed by atoms with E-state index in [1.54, 1.807) is 24.3 Å². The highest BCUT2D eigenvalue weighted by molar-refractivity contribution is 6.56. The molecule has 0 saturated heterocycles. The molecule has 3 rings (SSSR count). The predicted octanol–water partition coefficient (Wildman–Crippen LogP) is 4.40. The molecule has 0 amide bonds. The smallest absolute Gasteiger partial charge is 0.224 e. The van der Waals surface area contributed by atoms with Crippen molar-refractivity contribution in [2.75, 3.05) is 48.6 Å². The van der Waals surface area contributed by atoms with E-state index in [1.165, 1.54) is 0 Å². The Morgan fingerprint density at radius 1 is 0.600 bits per heavy atom. The van der Waals surface area contributed by atoms with Crippen LogP contribution in [0.5, 0.6) is 0 Å². The number of hydrogen-bond donors (Lipinski definition) is 2. The minimum Gasteiger partial charge on any atom is -0.378 e. The molecule has 6 nitrogen and oxygen atoms in total. The van der Waals surface area contributed by atoms with E-state index in [9.17, 15) is 9.59 Å². The monoisotopic (exact) mass is 444 g/mol. The zero-order chi connectivity index (χ0) is 22.0. The van der Waals surface area contributed by atoms with E-state index in [-0.39, 0.29) is 21.5 Å². The third-order valence-corrected chi connectivity index (χ3v) is 5.32. The summed E-state index contributed by atoms with van der Waals surface area (Å²) >= 11 is 12.5. The Morgan fingerprint density at radius 2 is 0.900 bits per heavy atom. The van der Waals surface area contributed by atoms with Gasteiger partial charge in [-0.2, -0.15) is 0 Å². The van der Waals surface area contributed by atoms with Crippen molar-refractivity contribution < 1.29 is 9.59 Å². The average molecular weight is 445 g/mol. The van der Waals surface area contributed by atoms with Gasteiger partial charge in [0.1, 0.15) is 21.5 Å². The van der Waals surface area contributed by atoms with Crippen molar-refractivity contribution in [3.05, 3.63) is 70.0 Å². The molecule has 0 bridgehead atoms. The summed E-state index contributed by atoms with van der Waals surface area (Å²) in [6.45, 7) is 0. The number of nitrogens with one attached hydrogen (secondary N) is 2.